The summed E-state index contributed by atoms with van der Waals surface area (Å²) in [5.41, 5.74) is 6.10. The highest BCUT2D eigenvalue weighted by molar-refractivity contribution is 5.28. The Kier molecular flexibility index (Phi) is 4.00. The Hall–Kier alpha value is -0.970. The summed E-state index contributed by atoms with van der Waals surface area (Å²) in [4.78, 5) is 0. The maximum absolute atomic E-state index is 13.9. The minimum atomic E-state index is -0.797. The van der Waals surface area contributed by atoms with Crippen molar-refractivity contribution in [2.45, 2.75) is 30.9 Å². The second-order valence-corrected chi connectivity index (χ2v) is 5.03. The highest BCUT2D eigenvalue weighted by atomic mass is 19.1. The molecule has 1 aromatic rings. The van der Waals surface area contributed by atoms with Crippen LogP contribution in [0.5, 0.6) is 0 Å². The zero-order valence-corrected chi connectivity index (χ0v) is 10.6. The van der Waals surface area contributed by atoms with Crippen LogP contribution in [0, 0.1) is 11.7 Å². The lowest BCUT2D eigenvalue weighted by molar-refractivity contribution is -0.00284. The van der Waals surface area contributed by atoms with Gasteiger partial charge in [0.25, 0.3) is 0 Å². The number of benzene rings is 1. The average molecular weight is 253 g/mol. The van der Waals surface area contributed by atoms with E-state index in [2.05, 4.69) is 0 Å². The van der Waals surface area contributed by atoms with E-state index in [1.165, 1.54) is 6.07 Å². The Morgan fingerprint density at radius 2 is 2.22 bits per heavy atom. The molecule has 1 aliphatic rings. The second-order valence-electron chi connectivity index (χ2n) is 5.03. The molecule has 0 bridgehead atoms. The van der Waals surface area contributed by atoms with E-state index in [-0.39, 0.29) is 24.4 Å². The van der Waals surface area contributed by atoms with Crippen LogP contribution < -0.4 is 5.73 Å². The third kappa shape index (κ3) is 2.28. The Bertz CT molecular complexity index is 413. The van der Waals surface area contributed by atoms with Gasteiger partial charge in [0.05, 0.1) is 6.10 Å². The number of aliphatic hydroxyl groups is 1. The van der Waals surface area contributed by atoms with E-state index in [1.807, 2.05) is 0 Å². The predicted octanol–water partition coefficient (Wildman–Crippen LogP) is 1.79. The molecule has 3 N–H and O–H groups in total. The Morgan fingerprint density at radius 1 is 1.50 bits per heavy atom. The van der Waals surface area contributed by atoms with Gasteiger partial charge in [-0.1, -0.05) is 18.2 Å². The smallest absolute Gasteiger partial charge is 0.128 e. The number of halogens is 1. The van der Waals surface area contributed by atoms with Gasteiger partial charge in [-0.25, -0.2) is 4.39 Å². The molecule has 0 saturated heterocycles. The van der Waals surface area contributed by atoms with Crippen molar-refractivity contribution in [1.82, 2.24) is 0 Å². The van der Waals surface area contributed by atoms with Crippen LogP contribution in [0.1, 0.15) is 24.8 Å². The van der Waals surface area contributed by atoms with Crippen LogP contribution in [0.15, 0.2) is 24.3 Å². The zero-order valence-electron chi connectivity index (χ0n) is 10.6. The number of ether oxygens (including phenoxy) is 1. The van der Waals surface area contributed by atoms with Crippen molar-refractivity contribution >= 4 is 0 Å². The van der Waals surface area contributed by atoms with Crippen LogP contribution >= 0.6 is 0 Å². The van der Waals surface area contributed by atoms with Crippen molar-refractivity contribution in [1.29, 1.82) is 0 Å². The summed E-state index contributed by atoms with van der Waals surface area (Å²) in [5.74, 6) is -0.470. The molecule has 2 rings (SSSR count). The number of aliphatic hydroxyl groups excluding tert-OH is 1. The topological polar surface area (TPSA) is 55.5 Å². The number of hydrogen-bond acceptors (Lipinski definition) is 3. The maximum atomic E-state index is 13.9. The van der Waals surface area contributed by atoms with Gasteiger partial charge >= 0.3 is 0 Å². The molecule has 0 spiro atoms. The standard InChI is InChI=1S/C14H20FNO2/c1-18-11-6-7-14(16,10(8-11)9-17)12-4-2-3-5-13(12)15/h2-5,10-11,17H,6-9,16H2,1H3. The van der Waals surface area contributed by atoms with Gasteiger partial charge in [0.1, 0.15) is 5.82 Å². The lowest BCUT2D eigenvalue weighted by Gasteiger charge is -2.43. The van der Waals surface area contributed by atoms with E-state index in [0.29, 0.717) is 18.4 Å². The summed E-state index contributed by atoms with van der Waals surface area (Å²) < 4.78 is 19.2. The molecule has 0 radical (unpaired) electrons. The summed E-state index contributed by atoms with van der Waals surface area (Å²) in [7, 11) is 1.66. The first-order chi connectivity index (χ1) is 8.61. The zero-order chi connectivity index (χ0) is 13.2. The van der Waals surface area contributed by atoms with E-state index < -0.39 is 5.54 Å². The fourth-order valence-corrected chi connectivity index (χ4v) is 2.89. The molecule has 18 heavy (non-hydrogen) atoms. The third-order valence-corrected chi connectivity index (χ3v) is 4.08. The summed E-state index contributed by atoms with van der Waals surface area (Å²) in [6, 6.07) is 6.56. The van der Waals surface area contributed by atoms with Crippen LogP contribution in [0.2, 0.25) is 0 Å². The molecule has 1 aromatic carbocycles. The van der Waals surface area contributed by atoms with Crippen LogP contribution in [0.25, 0.3) is 0 Å². The molecule has 0 aromatic heterocycles. The summed E-state index contributed by atoms with van der Waals surface area (Å²) in [6.45, 7) is -0.0509. The third-order valence-electron chi connectivity index (χ3n) is 4.08. The van der Waals surface area contributed by atoms with E-state index in [1.54, 1.807) is 25.3 Å². The van der Waals surface area contributed by atoms with Crippen molar-refractivity contribution in [2.24, 2.45) is 11.7 Å². The van der Waals surface area contributed by atoms with E-state index >= 15 is 0 Å². The first-order valence-corrected chi connectivity index (χ1v) is 6.29. The fraction of sp³-hybridized carbons (Fsp3) is 0.571. The molecular weight excluding hydrogens is 233 g/mol. The number of hydrogen-bond donors (Lipinski definition) is 2. The quantitative estimate of drug-likeness (QED) is 0.863. The first-order valence-electron chi connectivity index (χ1n) is 6.29. The Labute approximate surface area is 107 Å². The molecule has 1 fully saturated rings. The van der Waals surface area contributed by atoms with Crippen molar-refractivity contribution < 1.29 is 14.2 Å². The summed E-state index contributed by atoms with van der Waals surface area (Å²) in [5, 5.41) is 9.53. The SMILES string of the molecule is COC1CCC(N)(c2ccccc2F)C(CO)C1. The van der Waals surface area contributed by atoms with Gasteiger partial charge in [-0.2, -0.15) is 0 Å². The molecule has 3 nitrogen and oxygen atoms in total. The Balaban J connectivity index is 2.32. The molecule has 4 heteroatoms. The largest absolute Gasteiger partial charge is 0.396 e. The molecule has 0 heterocycles. The molecule has 1 saturated carbocycles. The second kappa shape index (κ2) is 5.34. The maximum Gasteiger partial charge on any atom is 0.128 e. The minimum Gasteiger partial charge on any atom is -0.396 e. The molecule has 3 atom stereocenters. The number of methoxy groups -OCH3 is 1. The minimum absolute atomic E-state index is 0.0509. The van der Waals surface area contributed by atoms with Gasteiger partial charge in [-0.3, -0.25) is 0 Å². The molecule has 100 valence electrons. The average Bonchev–Trinajstić information content (AvgIpc) is 2.39. The van der Waals surface area contributed by atoms with Crippen LogP contribution in [0.3, 0.4) is 0 Å². The monoisotopic (exact) mass is 253 g/mol. The van der Waals surface area contributed by atoms with Crippen molar-refractivity contribution in [3.05, 3.63) is 35.6 Å². The van der Waals surface area contributed by atoms with Gasteiger partial charge in [0.2, 0.25) is 0 Å². The van der Waals surface area contributed by atoms with Crippen LogP contribution in [0.4, 0.5) is 4.39 Å². The molecule has 0 aliphatic heterocycles. The van der Waals surface area contributed by atoms with E-state index in [4.69, 9.17) is 10.5 Å². The normalized spacial score (nSPS) is 32.4. The van der Waals surface area contributed by atoms with Gasteiger partial charge in [-0.15, -0.1) is 0 Å². The summed E-state index contributed by atoms with van der Waals surface area (Å²) >= 11 is 0. The highest BCUT2D eigenvalue weighted by Crippen LogP contribution is 2.41. The number of rotatable bonds is 3. The molecule has 1 aliphatic carbocycles. The lowest BCUT2D eigenvalue weighted by Crippen LogP contribution is -2.51. The fourth-order valence-electron chi connectivity index (χ4n) is 2.89. The Morgan fingerprint density at radius 3 is 2.83 bits per heavy atom. The van der Waals surface area contributed by atoms with E-state index in [9.17, 15) is 9.50 Å². The lowest BCUT2D eigenvalue weighted by atomic mass is 9.68. The van der Waals surface area contributed by atoms with Crippen LogP contribution in [-0.2, 0) is 10.3 Å². The van der Waals surface area contributed by atoms with Gasteiger partial charge in [-0.05, 0) is 25.3 Å². The molecular formula is C14H20FNO2. The predicted molar refractivity (Wildman–Crippen MR) is 67.5 cm³/mol. The number of nitrogens with two attached hydrogens (primary N) is 1. The molecule has 0 amide bonds. The van der Waals surface area contributed by atoms with Crippen molar-refractivity contribution in [3.63, 3.8) is 0 Å². The molecule has 3 unspecified atom stereocenters. The van der Waals surface area contributed by atoms with Gasteiger partial charge < -0.3 is 15.6 Å². The van der Waals surface area contributed by atoms with Gasteiger partial charge in [0.15, 0.2) is 0 Å². The summed E-state index contributed by atoms with van der Waals surface area (Å²) in [6.07, 6.45) is 2.18. The first kappa shape index (κ1) is 13.5. The van der Waals surface area contributed by atoms with Crippen molar-refractivity contribution in [2.75, 3.05) is 13.7 Å². The van der Waals surface area contributed by atoms with Crippen molar-refractivity contribution in [3.8, 4) is 0 Å². The van der Waals surface area contributed by atoms with E-state index in [0.717, 1.165) is 6.42 Å². The van der Waals surface area contributed by atoms with Gasteiger partial charge in [0, 0.05) is 30.7 Å². The highest BCUT2D eigenvalue weighted by Gasteiger charge is 2.42. The van der Waals surface area contributed by atoms with Crippen LogP contribution in [-0.4, -0.2) is 24.9 Å².